The van der Waals surface area contributed by atoms with Crippen LogP contribution in [0.5, 0.6) is 0 Å². The number of nitrogens with zero attached hydrogens (tertiary/aromatic N) is 1. The van der Waals surface area contributed by atoms with Crippen LogP contribution in [0, 0.1) is 6.92 Å². The molecule has 0 saturated carbocycles. The predicted octanol–water partition coefficient (Wildman–Crippen LogP) is 2.57. The van der Waals surface area contributed by atoms with Gasteiger partial charge in [-0.3, -0.25) is 19.7 Å². The molecular formula is C18H16N4O3S. The molecule has 2 amide bonds. The fraction of sp³-hybridized carbons (Fsp3) is 0.111. The Balaban J connectivity index is 1.60. The van der Waals surface area contributed by atoms with Crippen LogP contribution in [-0.2, 0) is 11.2 Å². The molecule has 0 atom stereocenters. The molecule has 0 radical (unpaired) electrons. The molecule has 1 aromatic carbocycles. The number of anilines is 2. The number of carbonyl (C=O) groups is 2. The Bertz CT molecular complexity index is 989. The van der Waals surface area contributed by atoms with Gasteiger partial charge in [0.25, 0.3) is 5.91 Å². The molecule has 2 heterocycles. The van der Waals surface area contributed by atoms with Crippen LogP contribution in [0.25, 0.3) is 0 Å². The first-order valence-corrected chi connectivity index (χ1v) is 8.69. The van der Waals surface area contributed by atoms with E-state index in [9.17, 15) is 14.4 Å². The number of hydrogen-bond acceptors (Lipinski definition) is 5. The van der Waals surface area contributed by atoms with E-state index in [1.165, 1.54) is 29.7 Å². The van der Waals surface area contributed by atoms with E-state index in [0.29, 0.717) is 16.4 Å². The summed E-state index contributed by atoms with van der Waals surface area (Å²) in [6, 6.07) is 10.2. The fourth-order valence-electron chi connectivity index (χ4n) is 2.24. The molecule has 26 heavy (non-hydrogen) atoms. The van der Waals surface area contributed by atoms with Crippen LogP contribution >= 0.6 is 11.3 Å². The van der Waals surface area contributed by atoms with Crippen LogP contribution in [0.4, 0.5) is 10.8 Å². The van der Waals surface area contributed by atoms with E-state index in [2.05, 4.69) is 20.6 Å². The van der Waals surface area contributed by atoms with Gasteiger partial charge in [0.15, 0.2) is 5.13 Å². The number of para-hydroxylation sites is 1. The zero-order chi connectivity index (χ0) is 18.5. The van der Waals surface area contributed by atoms with Gasteiger partial charge in [-0.1, -0.05) is 18.2 Å². The molecule has 0 aliphatic heterocycles. The van der Waals surface area contributed by atoms with Gasteiger partial charge in [0, 0.05) is 23.3 Å². The Morgan fingerprint density at radius 3 is 2.69 bits per heavy atom. The normalized spacial score (nSPS) is 10.3. The summed E-state index contributed by atoms with van der Waals surface area (Å²) in [5.74, 6) is -0.561. The summed E-state index contributed by atoms with van der Waals surface area (Å²) in [5.41, 5.74) is 2.35. The minimum atomic E-state index is -0.383. The van der Waals surface area contributed by atoms with Gasteiger partial charge in [-0.25, -0.2) is 4.98 Å². The lowest BCUT2D eigenvalue weighted by atomic mass is 10.2. The number of H-pyrrole nitrogens is 1. The maximum absolute atomic E-state index is 12.2. The Morgan fingerprint density at radius 1 is 1.15 bits per heavy atom. The smallest absolute Gasteiger partial charge is 0.258 e. The molecule has 8 heteroatoms. The third-order valence-corrected chi connectivity index (χ3v) is 4.39. The van der Waals surface area contributed by atoms with Gasteiger partial charge < -0.3 is 10.3 Å². The first-order chi connectivity index (χ1) is 12.5. The summed E-state index contributed by atoms with van der Waals surface area (Å²) in [5, 5.41) is 7.60. The Hall–Kier alpha value is -3.26. The van der Waals surface area contributed by atoms with E-state index in [-0.39, 0.29) is 23.8 Å². The molecule has 3 rings (SSSR count). The highest BCUT2D eigenvalue weighted by molar-refractivity contribution is 7.14. The van der Waals surface area contributed by atoms with Crippen molar-refractivity contribution in [1.82, 2.24) is 9.97 Å². The highest BCUT2D eigenvalue weighted by Crippen LogP contribution is 2.18. The standard InChI is InChI=1S/C18H16N4O3S/c1-11-4-2-3-5-14(11)21-16(24)8-13-10-26-18(20-13)22-17(25)12-6-7-15(23)19-9-12/h2-7,9-10H,8H2,1H3,(H,19,23)(H,21,24)(H,20,22,25). The molecule has 0 saturated heterocycles. The molecule has 0 unspecified atom stereocenters. The third kappa shape index (κ3) is 4.42. The van der Waals surface area contributed by atoms with Crippen LogP contribution in [-0.4, -0.2) is 21.8 Å². The Labute approximate surface area is 153 Å². The van der Waals surface area contributed by atoms with Crippen LogP contribution in [0.15, 0.2) is 52.8 Å². The van der Waals surface area contributed by atoms with Crippen molar-refractivity contribution < 1.29 is 9.59 Å². The lowest BCUT2D eigenvalue weighted by Crippen LogP contribution is -2.16. The van der Waals surface area contributed by atoms with Crippen molar-refractivity contribution in [3.63, 3.8) is 0 Å². The lowest BCUT2D eigenvalue weighted by molar-refractivity contribution is -0.115. The second kappa shape index (κ2) is 7.75. The number of nitrogens with one attached hydrogen (secondary N) is 3. The van der Waals surface area contributed by atoms with Crippen molar-refractivity contribution in [3.05, 3.63) is 75.1 Å². The second-order valence-electron chi connectivity index (χ2n) is 5.58. The van der Waals surface area contributed by atoms with Gasteiger partial charge in [0.05, 0.1) is 17.7 Å². The third-order valence-electron chi connectivity index (χ3n) is 3.58. The van der Waals surface area contributed by atoms with Crippen molar-refractivity contribution in [2.75, 3.05) is 10.6 Å². The van der Waals surface area contributed by atoms with Gasteiger partial charge >= 0.3 is 0 Å². The molecule has 0 aliphatic rings. The Kier molecular flexibility index (Phi) is 5.23. The summed E-state index contributed by atoms with van der Waals surface area (Å²) >= 11 is 1.23. The largest absolute Gasteiger partial charge is 0.328 e. The minimum Gasteiger partial charge on any atom is -0.328 e. The lowest BCUT2D eigenvalue weighted by Gasteiger charge is -2.06. The topological polar surface area (TPSA) is 104 Å². The first-order valence-electron chi connectivity index (χ1n) is 7.81. The Morgan fingerprint density at radius 2 is 1.96 bits per heavy atom. The molecule has 7 nitrogen and oxygen atoms in total. The first kappa shape index (κ1) is 17.6. The molecule has 0 fully saturated rings. The number of aryl methyl sites for hydroxylation is 1. The molecule has 0 spiro atoms. The molecule has 0 aliphatic carbocycles. The van der Waals surface area contributed by atoms with Crippen molar-refractivity contribution in [3.8, 4) is 0 Å². The maximum atomic E-state index is 12.2. The molecule has 2 aromatic heterocycles. The average molecular weight is 368 g/mol. The van der Waals surface area contributed by atoms with E-state index >= 15 is 0 Å². The monoisotopic (exact) mass is 368 g/mol. The summed E-state index contributed by atoms with van der Waals surface area (Å²) in [7, 11) is 0. The minimum absolute atomic E-state index is 0.110. The van der Waals surface area contributed by atoms with Crippen LogP contribution in [0.1, 0.15) is 21.6 Å². The number of hydrogen-bond donors (Lipinski definition) is 3. The summed E-state index contributed by atoms with van der Waals surface area (Å²) in [6.45, 7) is 1.92. The predicted molar refractivity (Wildman–Crippen MR) is 101 cm³/mol. The average Bonchev–Trinajstić information content (AvgIpc) is 3.04. The fourth-order valence-corrected chi connectivity index (χ4v) is 2.94. The van der Waals surface area contributed by atoms with Gasteiger partial charge in [-0.05, 0) is 24.6 Å². The number of pyridine rings is 1. The summed E-state index contributed by atoms with van der Waals surface area (Å²) < 4.78 is 0. The zero-order valence-electron chi connectivity index (χ0n) is 13.9. The van der Waals surface area contributed by atoms with E-state index < -0.39 is 0 Å². The number of rotatable bonds is 5. The quantitative estimate of drug-likeness (QED) is 0.644. The summed E-state index contributed by atoms with van der Waals surface area (Å²) in [6.07, 6.45) is 1.45. The molecule has 3 N–H and O–H groups in total. The van der Waals surface area contributed by atoms with Gasteiger partial charge in [0.2, 0.25) is 11.5 Å². The maximum Gasteiger partial charge on any atom is 0.258 e. The second-order valence-corrected chi connectivity index (χ2v) is 6.44. The zero-order valence-corrected chi connectivity index (χ0v) is 14.7. The number of aromatic amines is 1. The number of thiazole rings is 1. The van der Waals surface area contributed by atoms with Crippen LogP contribution < -0.4 is 16.2 Å². The van der Waals surface area contributed by atoms with Crippen LogP contribution in [0.3, 0.4) is 0 Å². The van der Waals surface area contributed by atoms with E-state index in [4.69, 9.17) is 0 Å². The van der Waals surface area contributed by atoms with Gasteiger partial charge in [0.1, 0.15) is 0 Å². The SMILES string of the molecule is Cc1ccccc1NC(=O)Cc1csc(NC(=O)c2ccc(=O)[nH]c2)n1. The van der Waals surface area contributed by atoms with Crippen molar-refractivity contribution in [2.45, 2.75) is 13.3 Å². The number of amides is 2. The number of benzene rings is 1. The molecule has 3 aromatic rings. The van der Waals surface area contributed by atoms with Gasteiger partial charge in [-0.2, -0.15) is 0 Å². The number of aromatic nitrogens is 2. The van der Waals surface area contributed by atoms with Crippen molar-refractivity contribution >= 4 is 34.0 Å². The highest BCUT2D eigenvalue weighted by Gasteiger charge is 2.12. The number of carbonyl (C=O) groups excluding carboxylic acids is 2. The van der Waals surface area contributed by atoms with Crippen molar-refractivity contribution in [2.24, 2.45) is 0 Å². The van der Waals surface area contributed by atoms with Crippen molar-refractivity contribution in [1.29, 1.82) is 0 Å². The molecule has 132 valence electrons. The van der Waals surface area contributed by atoms with Crippen LogP contribution in [0.2, 0.25) is 0 Å². The van der Waals surface area contributed by atoms with E-state index in [1.54, 1.807) is 5.38 Å². The van der Waals surface area contributed by atoms with E-state index in [0.717, 1.165) is 11.3 Å². The molecule has 0 bridgehead atoms. The highest BCUT2D eigenvalue weighted by atomic mass is 32.1. The van der Waals surface area contributed by atoms with E-state index in [1.807, 2.05) is 31.2 Å². The summed E-state index contributed by atoms with van der Waals surface area (Å²) in [4.78, 5) is 42.0. The molecular weight excluding hydrogens is 352 g/mol. The van der Waals surface area contributed by atoms with Gasteiger partial charge in [-0.15, -0.1) is 11.3 Å².